The van der Waals surface area contributed by atoms with Crippen molar-refractivity contribution in [2.75, 3.05) is 6.61 Å². The maximum atomic E-state index is 12.2. The number of benzene rings is 2. The van der Waals surface area contributed by atoms with Gasteiger partial charge in [0, 0.05) is 10.6 Å². The van der Waals surface area contributed by atoms with Crippen molar-refractivity contribution in [1.82, 2.24) is 10.9 Å². The predicted molar refractivity (Wildman–Crippen MR) is 116 cm³/mol. The zero-order valence-electron chi connectivity index (χ0n) is 16.5. The Labute approximate surface area is 184 Å². The number of hydrazine groups is 1. The minimum Gasteiger partial charge on any atom is -0.494 e. The lowest BCUT2D eigenvalue weighted by molar-refractivity contribution is -0.128. The van der Waals surface area contributed by atoms with E-state index in [9.17, 15) is 9.59 Å². The van der Waals surface area contributed by atoms with Crippen molar-refractivity contribution in [1.29, 1.82) is 0 Å². The van der Waals surface area contributed by atoms with Crippen molar-refractivity contribution >= 4 is 39.3 Å². The molecule has 2 aromatic carbocycles. The average molecular weight is 484 g/mol. The minimum atomic E-state index is -0.829. The zero-order chi connectivity index (χ0) is 21.4. The Bertz CT molecular complexity index is 843. The maximum Gasteiger partial charge on any atom is 0.279 e. The average Bonchev–Trinajstić information content (AvgIpc) is 2.68. The van der Waals surface area contributed by atoms with Crippen molar-refractivity contribution in [3.8, 4) is 11.5 Å². The number of hydrogen-bond acceptors (Lipinski definition) is 4. The fourth-order valence-electron chi connectivity index (χ4n) is 2.22. The van der Waals surface area contributed by atoms with Crippen molar-refractivity contribution in [2.24, 2.45) is 5.92 Å². The Morgan fingerprint density at radius 2 is 1.76 bits per heavy atom. The van der Waals surface area contributed by atoms with Crippen molar-refractivity contribution in [3.63, 3.8) is 0 Å². The zero-order valence-corrected chi connectivity index (χ0v) is 18.8. The summed E-state index contributed by atoms with van der Waals surface area (Å²) in [7, 11) is 0. The number of carbonyl (C=O) groups is 2. The molecule has 0 saturated heterocycles. The predicted octanol–water partition coefficient (Wildman–Crippen LogP) is 4.76. The molecule has 8 heteroatoms. The van der Waals surface area contributed by atoms with Gasteiger partial charge in [0.1, 0.15) is 11.5 Å². The number of rotatable bonds is 8. The molecule has 2 aromatic rings. The van der Waals surface area contributed by atoms with Gasteiger partial charge in [-0.05, 0) is 77.7 Å². The second kappa shape index (κ2) is 11.1. The Morgan fingerprint density at radius 3 is 2.38 bits per heavy atom. The summed E-state index contributed by atoms with van der Waals surface area (Å²) in [5, 5.41) is 0.546. The number of nitrogens with one attached hydrogen (secondary N) is 2. The van der Waals surface area contributed by atoms with E-state index < -0.39 is 17.9 Å². The lowest BCUT2D eigenvalue weighted by Gasteiger charge is -2.16. The van der Waals surface area contributed by atoms with E-state index in [4.69, 9.17) is 21.1 Å². The molecule has 0 radical (unpaired) electrons. The largest absolute Gasteiger partial charge is 0.494 e. The van der Waals surface area contributed by atoms with Gasteiger partial charge in [-0.15, -0.1) is 0 Å². The van der Waals surface area contributed by atoms with E-state index in [0.29, 0.717) is 39.1 Å². The molecule has 2 N–H and O–H groups in total. The number of halogens is 2. The second-order valence-corrected chi connectivity index (χ2v) is 8.12. The van der Waals surface area contributed by atoms with Crippen LogP contribution < -0.4 is 20.3 Å². The molecule has 1 atom stereocenters. The molecule has 29 heavy (non-hydrogen) atoms. The molecule has 156 valence electrons. The highest BCUT2D eigenvalue weighted by molar-refractivity contribution is 9.10. The molecule has 0 aromatic heterocycles. The Morgan fingerprint density at radius 1 is 1.07 bits per heavy atom. The highest BCUT2D eigenvalue weighted by atomic mass is 79.9. The van der Waals surface area contributed by atoms with Gasteiger partial charge in [-0.1, -0.05) is 25.4 Å². The molecule has 0 aliphatic carbocycles. The molecule has 0 bridgehead atoms. The smallest absolute Gasteiger partial charge is 0.279 e. The van der Waals surface area contributed by atoms with E-state index in [-0.39, 0.29) is 0 Å². The third-order valence-electron chi connectivity index (χ3n) is 3.95. The third-order valence-corrected chi connectivity index (χ3v) is 4.80. The van der Waals surface area contributed by atoms with Crippen LogP contribution in [0, 0.1) is 5.92 Å². The summed E-state index contributed by atoms with van der Waals surface area (Å²) in [5.41, 5.74) is 5.13. The van der Waals surface area contributed by atoms with Crippen LogP contribution in [0.3, 0.4) is 0 Å². The van der Waals surface area contributed by atoms with Crippen LogP contribution in [-0.4, -0.2) is 24.5 Å². The van der Waals surface area contributed by atoms with Gasteiger partial charge in [-0.3, -0.25) is 20.4 Å². The summed E-state index contributed by atoms with van der Waals surface area (Å²) < 4.78 is 11.8. The number of carbonyl (C=O) groups excluding carboxylic acids is 2. The standard InChI is InChI=1S/C21H24BrClN2O4/c1-13(2)10-11-28-17-7-4-15(5-8-17)21(27)25-24-20(26)14(3)29-19-9-6-16(23)12-18(19)22/h4-9,12-14H,10-11H2,1-3H3,(H,24,26)(H,25,27). The summed E-state index contributed by atoms with van der Waals surface area (Å²) in [4.78, 5) is 24.4. The fourth-order valence-corrected chi connectivity index (χ4v) is 3.00. The minimum absolute atomic E-state index is 0.399. The van der Waals surface area contributed by atoms with Gasteiger partial charge in [0.05, 0.1) is 11.1 Å². The van der Waals surface area contributed by atoms with Gasteiger partial charge in [-0.2, -0.15) is 0 Å². The van der Waals surface area contributed by atoms with Crippen molar-refractivity contribution in [3.05, 3.63) is 57.5 Å². The Kier molecular flexibility index (Phi) is 8.79. The number of ether oxygens (including phenoxy) is 2. The third kappa shape index (κ3) is 7.59. The first-order chi connectivity index (χ1) is 13.8. The van der Waals surface area contributed by atoms with E-state index in [0.717, 1.165) is 6.42 Å². The Hall–Kier alpha value is -2.25. The molecule has 2 amide bonds. The van der Waals surface area contributed by atoms with Crippen LogP contribution in [0.1, 0.15) is 37.6 Å². The van der Waals surface area contributed by atoms with Crippen LogP contribution in [0.15, 0.2) is 46.9 Å². The van der Waals surface area contributed by atoms with Crippen LogP contribution in [0.4, 0.5) is 0 Å². The summed E-state index contributed by atoms with van der Waals surface area (Å²) in [6.45, 7) is 6.46. The van der Waals surface area contributed by atoms with E-state index in [1.807, 2.05) is 0 Å². The van der Waals surface area contributed by atoms with Crippen molar-refractivity contribution in [2.45, 2.75) is 33.3 Å². The fraction of sp³-hybridized carbons (Fsp3) is 0.333. The highest BCUT2D eigenvalue weighted by Gasteiger charge is 2.17. The summed E-state index contributed by atoms with van der Waals surface area (Å²) in [5.74, 6) is 0.801. The molecule has 0 aliphatic rings. The van der Waals surface area contributed by atoms with Gasteiger partial charge in [-0.25, -0.2) is 0 Å². The lowest BCUT2D eigenvalue weighted by Crippen LogP contribution is -2.47. The molecular weight excluding hydrogens is 460 g/mol. The molecule has 0 fully saturated rings. The molecule has 6 nitrogen and oxygen atoms in total. The van der Waals surface area contributed by atoms with Crippen LogP contribution >= 0.6 is 27.5 Å². The number of amides is 2. The Balaban J connectivity index is 1.82. The molecule has 0 aliphatic heterocycles. The number of hydrogen-bond donors (Lipinski definition) is 2. The topological polar surface area (TPSA) is 76.7 Å². The monoisotopic (exact) mass is 482 g/mol. The normalized spacial score (nSPS) is 11.7. The van der Waals surface area contributed by atoms with Gasteiger partial charge in [0.25, 0.3) is 11.8 Å². The maximum absolute atomic E-state index is 12.2. The van der Waals surface area contributed by atoms with E-state index in [1.165, 1.54) is 0 Å². The SMILES string of the molecule is CC(C)CCOc1ccc(C(=O)NNC(=O)C(C)Oc2ccc(Cl)cc2Br)cc1. The molecule has 0 saturated carbocycles. The summed E-state index contributed by atoms with van der Waals surface area (Å²) >= 11 is 9.21. The van der Waals surface area contributed by atoms with E-state index in [1.54, 1.807) is 49.4 Å². The first-order valence-corrected chi connectivity index (χ1v) is 10.4. The van der Waals surface area contributed by atoms with Gasteiger partial charge >= 0.3 is 0 Å². The highest BCUT2D eigenvalue weighted by Crippen LogP contribution is 2.28. The molecule has 0 heterocycles. The summed E-state index contributed by atoms with van der Waals surface area (Å²) in [6.07, 6.45) is 0.130. The van der Waals surface area contributed by atoms with Crippen LogP contribution in [0.25, 0.3) is 0 Å². The first-order valence-electron chi connectivity index (χ1n) is 9.21. The second-order valence-electron chi connectivity index (χ2n) is 6.83. The first kappa shape index (κ1) is 23.0. The van der Waals surface area contributed by atoms with Gasteiger partial charge in [0.15, 0.2) is 6.10 Å². The van der Waals surface area contributed by atoms with Gasteiger partial charge < -0.3 is 9.47 Å². The summed E-state index contributed by atoms with van der Waals surface area (Å²) in [6, 6.07) is 11.7. The van der Waals surface area contributed by atoms with Crippen molar-refractivity contribution < 1.29 is 19.1 Å². The lowest BCUT2D eigenvalue weighted by atomic mass is 10.1. The van der Waals surface area contributed by atoms with Crippen LogP contribution in [0.5, 0.6) is 11.5 Å². The van der Waals surface area contributed by atoms with Crippen LogP contribution in [0.2, 0.25) is 5.02 Å². The molecule has 2 rings (SSSR count). The quantitative estimate of drug-likeness (QED) is 0.531. The van der Waals surface area contributed by atoms with E-state index >= 15 is 0 Å². The molecular formula is C21H24BrClN2O4. The molecule has 0 spiro atoms. The van der Waals surface area contributed by atoms with Crippen LogP contribution in [-0.2, 0) is 4.79 Å². The van der Waals surface area contributed by atoms with Gasteiger partial charge in [0.2, 0.25) is 0 Å². The molecule has 1 unspecified atom stereocenters. The van der Waals surface area contributed by atoms with E-state index in [2.05, 4.69) is 40.6 Å².